The molecule has 126 valence electrons. The molecule has 0 bridgehead atoms. The molecular weight excluding hydrogens is 312 g/mol. The van der Waals surface area contributed by atoms with Gasteiger partial charge in [-0.05, 0) is 54.6 Å². The van der Waals surface area contributed by atoms with Crippen molar-refractivity contribution < 1.29 is 0 Å². The normalized spacial score (nSPS) is 20.4. The predicted molar refractivity (Wildman–Crippen MR) is 106 cm³/mol. The molecule has 0 unspecified atom stereocenters. The Morgan fingerprint density at radius 2 is 1.71 bits per heavy atom. The van der Waals surface area contributed by atoms with Crippen molar-refractivity contribution in [2.75, 3.05) is 5.32 Å². The van der Waals surface area contributed by atoms with Crippen LogP contribution in [0.25, 0.3) is 0 Å². The Kier molecular flexibility index (Phi) is 5.86. The maximum absolute atomic E-state index is 5.57. The van der Waals surface area contributed by atoms with E-state index in [1.54, 1.807) is 0 Å². The van der Waals surface area contributed by atoms with Crippen molar-refractivity contribution in [1.29, 1.82) is 0 Å². The summed E-state index contributed by atoms with van der Waals surface area (Å²) in [6, 6.07) is 19.5. The number of hydrogen-bond acceptors (Lipinski definition) is 1. The van der Waals surface area contributed by atoms with Crippen molar-refractivity contribution in [3.63, 3.8) is 0 Å². The number of para-hydroxylation sites is 1. The molecule has 0 aromatic heterocycles. The third-order valence-corrected chi connectivity index (χ3v) is 5.15. The van der Waals surface area contributed by atoms with E-state index in [9.17, 15) is 0 Å². The fourth-order valence-corrected chi connectivity index (χ4v) is 3.73. The van der Waals surface area contributed by atoms with E-state index in [1.807, 2.05) is 0 Å². The van der Waals surface area contributed by atoms with E-state index >= 15 is 0 Å². The van der Waals surface area contributed by atoms with Crippen LogP contribution in [-0.2, 0) is 6.42 Å². The van der Waals surface area contributed by atoms with E-state index < -0.39 is 0 Å². The molecule has 3 rings (SSSR count). The molecule has 0 spiro atoms. The summed E-state index contributed by atoms with van der Waals surface area (Å²) >= 11 is 5.57. The molecule has 2 aromatic carbocycles. The summed E-state index contributed by atoms with van der Waals surface area (Å²) in [5.74, 6) is 0.693. The van der Waals surface area contributed by atoms with Crippen LogP contribution in [0.5, 0.6) is 0 Å². The number of hydrogen-bond donors (Lipinski definition) is 2. The zero-order valence-electron chi connectivity index (χ0n) is 14.3. The molecule has 0 amide bonds. The monoisotopic (exact) mass is 338 g/mol. The van der Waals surface area contributed by atoms with Crippen LogP contribution in [0, 0.1) is 5.92 Å². The molecule has 0 radical (unpaired) electrons. The number of benzene rings is 2. The summed E-state index contributed by atoms with van der Waals surface area (Å²) in [6.45, 7) is 2.32. The van der Waals surface area contributed by atoms with Gasteiger partial charge in [0, 0.05) is 11.7 Å². The molecule has 0 saturated heterocycles. The minimum atomic E-state index is 0.500. The van der Waals surface area contributed by atoms with Crippen LogP contribution in [-0.4, -0.2) is 11.2 Å². The van der Waals surface area contributed by atoms with E-state index in [0.29, 0.717) is 12.0 Å². The highest BCUT2D eigenvalue weighted by atomic mass is 32.1. The lowest BCUT2D eigenvalue weighted by Crippen LogP contribution is -2.43. The SMILES string of the molecule is C[C@H]1CCCC[C@H]1NC(=S)Nc1ccccc1Cc1ccccc1. The van der Waals surface area contributed by atoms with Gasteiger partial charge in [-0.3, -0.25) is 0 Å². The van der Waals surface area contributed by atoms with E-state index in [2.05, 4.69) is 72.2 Å². The highest BCUT2D eigenvalue weighted by molar-refractivity contribution is 7.80. The van der Waals surface area contributed by atoms with Gasteiger partial charge in [0.1, 0.15) is 0 Å². The van der Waals surface area contributed by atoms with E-state index in [-0.39, 0.29) is 0 Å². The summed E-state index contributed by atoms with van der Waals surface area (Å²) in [4.78, 5) is 0. The molecule has 1 aliphatic carbocycles. The standard InChI is InChI=1S/C21H26N2S/c1-16-9-5-7-13-19(16)22-21(24)23-20-14-8-6-12-18(20)15-17-10-3-2-4-11-17/h2-4,6,8,10-12,14,16,19H,5,7,9,13,15H2,1H3,(H2,22,23,24)/t16-,19+/m0/s1. The van der Waals surface area contributed by atoms with Crippen molar-refractivity contribution in [2.45, 2.75) is 45.1 Å². The largest absolute Gasteiger partial charge is 0.359 e. The third kappa shape index (κ3) is 4.57. The van der Waals surface area contributed by atoms with Crippen LogP contribution in [0.3, 0.4) is 0 Å². The van der Waals surface area contributed by atoms with Gasteiger partial charge >= 0.3 is 0 Å². The Bertz CT molecular complexity index is 669. The molecule has 1 saturated carbocycles. The fraction of sp³-hybridized carbons (Fsp3) is 0.381. The Morgan fingerprint density at radius 3 is 2.50 bits per heavy atom. The smallest absolute Gasteiger partial charge is 0.171 e. The van der Waals surface area contributed by atoms with Gasteiger partial charge in [0.25, 0.3) is 0 Å². The fourth-order valence-electron chi connectivity index (χ4n) is 3.47. The Morgan fingerprint density at radius 1 is 1.00 bits per heavy atom. The maximum Gasteiger partial charge on any atom is 0.171 e. The lowest BCUT2D eigenvalue weighted by Gasteiger charge is -2.30. The van der Waals surface area contributed by atoms with Crippen LogP contribution in [0.15, 0.2) is 54.6 Å². The van der Waals surface area contributed by atoms with E-state index in [4.69, 9.17) is 12.2 Å². The quantitative estimate of drug-likeness (QED) is 0.755. The van der Waals surface area contributed by atoms with Gasteiger partial charge < -0.3 is 10.6 Å². The van der Waals surface area contributed by atoms with Crippen LogP contribution in [0.4, 0.5) is 5.69 Å². The van der Waals surface area contributed by atoms with Gasteiger partial charge in [-0.15, -0.1) is 0 Å². The average molecular weight is 339 g/mol. The molecule has 2 N–H and O–H groups in total. The zero-order chi connectivity index (χ0) is 16.8. The first-order chi connectivity index (χ1) is 11.7. The van der Waals surface area contributed by atoms with E-state index in [0.717, 1.165) is 17.2 Å². The second-order valence-electron chi connectivity index (χ2n) is 6.79. The van der Waals surface area contributed by atoms with Crippen molar-refractivity contribution >= 4 is 23.0 Å². The molecule has 2 nitrogen and oxygen atoms in total. The zero-order valence-corrected chi connectivity index (χ0v) is 15.1. The van der Waals surface area contributed by atoms with Crippen molar-refractivity contribution in [2.24, 2.45) is 5.92 Å². The summed E-state index contributed by atoms with van der Waals surface area (Å²) in [5, 5.41) is 7.69. The van der Waals surface area contributed by atoms with Gasteiger partial charge in [-0.2, -0.15) is 0 Å². The van der Waals surface area contributed by atoms with Gasteiger partial charge in [-0.1, -0.05) is 68.3 Å². The number of thiocarbonyl (C=S) groups is 1. The minimum absolute atomic E-state index is 0.500. The van der Waals surface area contributed by atoms with Crippen molar-refractivity contribution in [1.82, 2.24) is 5.32 Å². The van der Waals surface area contributed by atoms with E-state index in [1.165, 1.54) is 36.8 Å². The topological polar surface area (TPSA) is 24.1 Å². The molecule has 0 heterocycles. The second kappa shape index (κ2) is 8.29. The molecule has 1 fully saturated rings. The summed E-state index contributed by atoms with van der Waals surface area (Å²) in [5.41, 5.74) is 3.68. The highest BCUT2D eigenvalue weighted by Gasteiger charge is 2.21. The van der Waals surface area contributed by atoms with Gasteiger partial charge in [-0.25, -0.2) is 0 Å². The van der Waals surface area contributed by atoms with Gasteiger partial charge in [0.05, 0.1) is 0 Å². The first kappa shape index (κ1) is 17.0. The number of nitrogens with one attached hydrogen (secondary N) is 2. The van der Waals surface area contributed by atoms with Crippen molar-refractivity contribution in [3.8, 4) is 0 Å². The Hall–Kier alpha value is -1.87. The molecule has 2 aromatic rings. The molecule has 1 aliphatic rings. The van der Waals surface area contributed by atoms with Crippen LogP contribution in [0.2, 0.25) is 0 Å². The molecule has 3 heteroatoms. The lowest BCUT2D eigenvalue weighted by atomic mass is 9.86. The lowest BCUT2D eigenvalue weighted by molar-refractivity contribution is 0.309. The number of rotatable bonds is 4. The Labute approximate surface area is 150 Å². The Balaban J connectivity index is 1.65. The van der Waals surface area contributed by atoms with Crippen molar-refractivity contribution in [3.05, 3.63) is 65.7 Å². The second-order valence-corrected chi connectivity index (χ2v) is 7.19. The minimum Gasteiger partial charge on any atom is -0.359 e. The van der Waals surface area contributed by atoms with Crippen LogP contribution in [0.1, 0.15) is 43.7 Å². The highest BCUT2D eigenvalue weighted by Crippen LogP contribution is 2.24. The maximum atomic E-state index is 5.57. The summed E-state index contributed by atoms with van der Waals surface area (Å²) < 4.78 is 0. The molecule has 24 heavy (non-hydrogen) atoms. The molecular formula is C21H26N2S. The predicted octanol–water partition coefficient (Wildman–Crippen LogP) is 5.14. The molecule has 2 atom stereocenters. The van der Waals surface area contributed by atoms with Gasteiger partial charge in [0.15, 0.2) is 5.11 Å². The summed E-state index contributed by atoms with van der Waals surface area (Å²) in [6.07, 6.45) is 6.07. The first-order valence-electron chi connectivity index (χ1n) is 8.92. The van der Waals surface area contributed by atoms with Crippen LogP contribution >= 0.6 is 12.2 Å². The first-order valence-corrected chi connectivity index (χ1v) is 9.32. The average Bonchev–Trinajstić information content (AvgIpc) is 2.60. The third-order valence-electron chi connectivity index (χ3n) is 4.93. The van der Waals surface area contributed by atoms with Crippen LogP contribution < -0.4 is 10.6 Å². The molecule has 0 aliphatic heterocycles. The summed E-state index contributed by atoms with van der Waals surface area (Å²) in [7, 11) is 0. The number of anilines is 1. The van der Waals surface area contributed by atoms with Gasteiger partial charge in [0.2, 0.25) is 0 Å².